The van der Waals surface area contributed by atoms with Crippen molar-refractivity contribution in [3.8, 4) is 5.69 Å². The largest absolute Gasteiger partial charge is 0.477 e. The molecule has 5 N–H and O–H groups in total. The number of hydrogen-bond acceptors (Lipinski definition) is 8. The summed E-state index contributed by atoms with van der Waals surface area (Å²) in [6, 6.07) is 6.05. The number of aromatic amines is 1. The maximum absolute atomic E-state index is 13.7. The van der Waals surface area contributed by atoms with Crippen LogP contribution in [0.2, 0.25) is 0 Å². The average Bonchev–Trinajstić information content (AvgIpc) is 3.59. The molecule has 15 heteroatoms. The van der Waals surface area contributed by atoms with E-state index < -0.39 is 27.8 Å². The number of nitrogens with zero attached hydrogens (tertiary/aromatic N) is 5. The van der Waals surface area contributed by atoms with E-state index in [1.54, 1.807) is 12.3 Å². The van der Waals surface area contributed by atoms with E-state index in [0.29, 0.717) is 55.8 Å². The molecule has 1 saturated heterocycles. The number of fused-ring (bicyclic) bond motifs is 1. The van der Waals surface area contributed by atoms with Gasteiger partial charge in [0.1, 0.15) is 5.69 Å². The third-order valence-corrected chi connectivity index (χ3v) is 10.5. The van der Waals surface area contributed by atoms with Crippen LogP contribution < -0.4 is 16.0 Å². The second kappa shape index (κ2) is 10.6. The summed E-state index contributed by atoms with van der Waals surface area (Å²) < 4.78 is 28.6. The molecule has 4 heterocycles. The van der Waals surface area contributed by atoms with E-state index in [2.05, 4.69) is 20.4 Å². The number of nitrogens with one attached hydrogen (secondary N) is 2. The van der Waals surface area contributed by atoms with Crippen LogP contribution in [0.25, 0.3) is 5.69 Å². The molecule has 0 spiro atoms. The predicted molar refractivity (Wildman–Crippen MR) is 154 cm³/mol. The van der Waals surface area contributed by atoms with Crippen LogP contribution in [0, 0.1) is 0 Å². The Labute approximate surface area is 242 Å². The molecule has 14 nitrogen and oxygen atoms in total. The van der Waals surface area contributed by atoms with Gasteiger partial charge in [-0.2, -0.15) is 9.40 Å². The molecule has 6 rings (SSSR count). The number of amides is 2. The second-order valence-corrected chi connectivity index (χ2v) is 13.1. The van der Waals surface area contributed by atoms with Crippen molar-refractivity contribution in [3.05, 3.63) is 58.5 Å². The number of carbonyl (C=O) groups excluding carboxylic acids is 2. The Balaban J connectivity index is 1.38. The lowest BCUT2D eigenvalue weighted by Crippen LogP contribution is -2.45. The molecule has 2 aromatic heterocycles. The van der Waals surface area contributed by atoms with Crippen molar-refractivity contribution in [2.45, 2.75) is 31.1 Å². The molecule has 0 radical (unpaired) electrons. The first kappa shape index (κ1) is 27.9. The summed E-state index contributed by atoms with van der Waals surface area (Å²) in [5, 5.41) is 19.3. The quantitative estimate of drug-likeness (QED) is 0.292. The molecule has 0 unspecified atom stereocenters. The van der Waals surface area contributed by atoms with Gasteiger partial charge in [-0.25, -0.2) is 13.2 Å². The van der Waals surface area contributed by atoms with Gasteiger partial charge in [0.15, 0.2) is 5.82 Å². The van der Waals surface area contributed by atoms with Crippen LogP contribution in [0.15, 0.2) is 30.5 Å². The molecule has 222 valence electrons. The van der Waals surface area contributed by atoms with Crippen LogP contribution in [-0.4, -0.2) is 100 Å². The second-order valence-electron chi connectivity index (χ2n) is 10.9. The molecule has 0 bridgehead atoms. The number of anilines is 2. The Kier molecular flexibility index (Phi) is 7.03. The Bertz CT molecular complexity index is 1680. The van der Waals surface area contributed by atoms with E-state index in [4.69, 9.17) is 5.73 Å². The maximum Gasteiger partial charge on any atom is 0.352 e. The minimum atomic E-state index is -3.43. The number of sulfonamides is 1. The van der Waals surface area contributed by atoms with Gasteiger partial charge < -0.3 is 30.5 Å². The van der Waals surface area contributed by atoms with Crippen LogP contribution in [0.5, 0.6) is 0 Å². The Morgan fingerprint density at radius 3 is 2.45 bits per heavy atom. The minimum Gasteiger partial charge on any atom is -0.477 e. The number of piperazine rings is 1. The van der Waals surface area contributed by atoms with Crippen LogP contribution in [0.1, 0.15) is 55.3 Å². The number of nitrogens with two attached hydrogens (primary N) is 1. The van der Waals surface area contributed by atoms with Crippen molar-refractivity contribution in [1.29, 1.82) is 0 Å². The molecule has 2 amide bonds. The molecular formula is C27H32N8O6S. The van der Waals surface area contributed by atoms with E-state index in [-0.39, 0.29) is 34.4 Å². The number of carboxylic acids is 1. The molecule has 2 aliphatic heterocycles. The van der Waals surface area contributed by atoms with E-state index in [1.807, 2.05) is 11.9 Å². The van der Waals surface area contributed by atoms with Gasteiger partial charge >= 0.3 is 5.97 Å². The van der Waals surface area contributed by atoms with E-state index in [1.165, 1.54) is 27.1 Å². The zero-order valence-corrected chi connectivity index (χ0v) is 23.9. The highest BCUT2D eigenvalue weighted by Crippen LogP contribution is 2.35. The summed E-state index contributed by atoms with van der Waals surface area (Å²) in [5.41, 5.74) is 7.93. The van der Waals surface area contributed by atoms with Crippen LogP contribution in [0.3, 0.4) is 0 Å². The van der Waals surface area contributed by atoms with Gasteiger partial charge in [-0.3, -0.25) is 14.7 Å². The summed E-state index contributed by atoms with van der Waals surface area (Å²) in [6.07, 6.45) is 3.30. The number of aromatic carboxylic acids is 1. The molecule has 1 aliphatic carbocycles. The molecule has 1 aromatic carbocycles. The van der Waals surface area contributed by atoms with Gasteiger partial charge in [-0.15, -0.1) is 0 Å². The highest BCUT2D eigenvalue weighted by molar-refractivity contribution is 7.90. The highest BCUT2D eigenvalue weighted by atomic mass is 32.2. The fourth-order valence-corrected chi connectivity index (χ4v) is 7.38. The van der Waals surface area contributed by atoms with E-state index in [0.717, 1.165) is 18.8 Å². The minimum absolute atomic E-state index is 0.0121. The van der Waals surface area contributed by atoms with Crippen molar-refractivity contribution >= 4 is 39.3 Å². The number of hydrogen-bond donors (Lipinski definition) is 4. The SMILES string of the molecule is CN1CCN(c2cc(C(N)=O)c(C(=O)Nc3n[nH]c4c3CN(S(=O)(=O)C3CC3)CC4)cc2-n2cccc2C(=O)O)CC1. The predicted octanol–water partition coefficient (Wildman–Crippen LogP) is 0.852. The number of likely N-dealkylation sites (N-methyl/N-ethyl adjacent to an activating group) is 1. The molecule has 1 saturated carbocycles. The van der Waals surface area contributed by atoms with Gasteiger partial charge in [0.2, 0.25) is 15.9 Å². The van der Waals surface area contributed by atoms with Gasteiger partial charge in [-0.05, 0) is 44.2 Å². The zero-order valence-electron chi connectivity index (χ0n) is 23.0. The van der Waals surface area contributed by atoms with Crippen LogP contribution >= 0.6 is 0 Å². The zero-order chi connectivity index (χ0) is 29.8. The summed E-state index contributed by atoms with van der Waals surface area (Å²) in [5.74, 6) is -2.49. The number of H-pyrrole nitrogens is 1. The summed E-state index contributed by atoms with van der Waals surface area (Å²) in [4.78, 5) is 42.6. The van der Waals surface area contributed by atoms with Gasteiger partial charge in [0.25, 0.3) is 5.91 Å². The lowest BCUT2D eigenvalue weighted by atomic mass is 10.0. The third-order valence-electron chi connectivity index (χ3n) is 8.13. The first-order valence-electron chi connectivity index (χ1n) is 13.7. The van der Waals surface area contributed by atoms with Gasteiger partial charge in [-0.1, -0.05) is 0 Å². The Morgan fingerprint density at radius 2 is 1.79 bits per heavy atom. The normalized spacial score (nSPS) is 18.1. The van der Waals surface area contributed by atoms with E-state index >= 15 is 0 Å². The topological polar surface area (TPSA) is 187 Å². The average molecular weight is 597 g/mol. The first-order valence-corrected chi connectivity index (χ1v) is 15.2. The molecular weight excluding hydrogens is 564 g/mol. The number of rotatable bonds is 8. The first-order chi connectivity index (χ1) is 20.0. The van der Waals surface area contributed by atoms with Crippen molar-refractivity contribution in [3.63, 3.8) is 0 Å². The molecule has 0 atom stereocenters. The van der Waals surface area contributed by atoms with Crippen molar-refractivity contribution in [1.82, 2.24) is 24.0 Å². The summed E-state index contributed by atoms with van der Waals surface area (Å²) >= 11 is 0. The number of primary amides is 1. The van der Waals surface area contributed by atoms with Gasteiger partial charge in [0, 0.05) is 63.1 Å². The number of benzene rings is 1. The van der Waals surface area contributed by atoms with Crippen molar-refractivity contribution < 1.29 is 27.9 Å². The monoisotopic (exact) mass is 596 g/mol. The molecule has 42 heavy (non-hydrogen) atoms. The number of aromatic nitrogens is 3. The lowest BCUT2D eigenvalue weighted by Gasteiger charge is -2.35. The summed E-state index contributed by atoms with van der Waals surface area (Å²) in [6.45, 7) is 3.15. The standard InChI is InChI=1S/C27H32N8O6S/c1-32-9-11-33(12-10-32)22-13-17(24(28)36)18(14-23(22)35-7-2-3-21(35)27(38)39)26(37)29-25-19-15-34(8-6-20(19)30-31-25)42(40,41)16-4-5-16/h2-3,7,13-14,16H,4-6,8-12,15H2,1H3,(H2,28,36)(H,38,39)(H2,29,30,31,37). The van der Waals surface area contributed by atoms with Crippen LogP contribution in [-0.2, 0) is 23.0 Å². The summed E-state index contributed by atoms with van der Waals surface area (Å²) in [7, 11) is -1.42. The van der Waals surface area contributed by atoms with Crippen molar-refractivity contribution in [2.75, 3.05) is 50.0 Å². The third kappa shape index (κ3) is 5.03. The fourth-order valence-electron chi connectivity index (χ4n) is 5.57. The Hall–Kier alpha value is -4.21. The molecule has 2 fully saturated rings. The number of carbonyl (C=O) groups is 3. The highest BCUT2D eigenvalue weighted by Gasteiger charge is 2.42. The Morgan fingerprint density at radius 1 is 1.07 bits per heavy atom. The molecule has 3 aliphatic rings. The smallest absolute Gasteiger partial charge is 0.352 e. The maximum atomic E-state index is 13.7. The van der Waals surface area contributed by atoms with Gasteiger partial charge in [0.05, 0.1) is 27.8 Å². The molecule has 3 aromatic rings. The fraction of sp³-hybridized carbons (Fsp3) is 0.407. The number of carboxylic acid groups (broad SMARTS) is 1. The van der Waals surface area contributed by atoms with Crippen molar-refractivity contribution in [2.24, 2.45) is 5.73 Å². The van der Waals surface area contributed by atoms with Crippen LogP contribution in [0.4, 0.5) is 11.5 Å². The van der Waals surface area contributed by atoms with E-state index in [9.17, 15) is 27.9 Å². The lowest BCUT2D eigenvalue weighted by molar-refractivity contribution is 0.0687.